The predicted octanol–water partition coefficient (Wildman–Crippen LogP) is 0.758. The van der Waals surface area contributed by atoms with Crippen molar-refractivity contribution in [2.75, 3.05) is 0 Å². The van der Waals surface area contributed by atoms with Crippen LogP contribution >= 0.6 is 0 Å². The highest BCUT2D eigenvalue weighted by molar-refractivity contribution is 5.21. The molecule has 0 fully saturated rings. The Morgan fingerprint density at radius 3 is 2.20 bits per heavy atom. The van der Waals surface area contributed by atoms with Crippen molar-refractivity contribution in [3.63, 3.8) is 0 Å². The Kier molecular flexibility index (Phi) is 1.76. The highest BCUT2D eigenvalue weighted by Gasteiger charge is 2.04. The van der Waals surface area contributed by atoms with Crippen LogP contribution in [0.5, 0.6) is 0 Å². The van der Waals surface area contributed by atoms with E-state index in [1.165, 1.54) is 0 Å². The lowest BCUT2D eigenvalue weighted by Crippen LogP contribution is -2.00. The number of aliphatic hydroxyl groups excluding tert-OH is 1. The molecule has 56 valence electrons. The minimum absolute atomic E-state index is 0.0273. The van der Waals surface area contributed by atoms with Gasteiger partial charge in [-0.1, -0.05) is 0 Å². The summed E-state index contributed by atoms with van der Waals surface area (Å²) in [7, 11) is 0. The van der Waals surface area contributed by atoms with E-state index >= 15 is 0 Å². The largest absolute Gasteiger partial charge is 0.374 e. The summed E-state index contributed by atoms with van der Waals surface area (Å²) in [6, 6.07) is 0. The maximum Gasteiger partial charge on any atom is 0.136 e. The molecule has 0 saturated heterocycles. The molecule has 1 aromatic heterocycles. The Hall–Kier alpha value is -0.830. The van der Waals surface area contributed by atoms with E-state index in [1.807, 2.05) is 20.8 Å². The SMILES string of the molecule is Cc1nn(CO)c(C)c1C. The molecule has 3 nitrogen and oxygen atoms in total. The van der Waals surface area contributed by atoms with Gasteiger partial charge in [0.05, 0.1) is 5.69 Å². The molecule has 3 heteroatoms. The van der Waals surface area contributed by atoms with Crippen LogP contribution in [0.1, 0.15) is 17.0 Å². The summed E-state index contributed by atoms with van der Waals surface area (Å²) in [4.78, 5) is 0. The average molecular weight is 140 g/mol. The lowest BCUT2D eigenvalue weighted by Gasteiger charge is -1.96. The van der Waals surface area contributed by atoms with Crippen molar-refractivity contribution in [2.24, 2.45) is 0 Å². The first kappa shape index (κ1) is 7.28. The van der Waals surface area contributed by atoms with E-state index < -0.39 is 0 Å². The standard InChI is InChI=1S/C7H12N2O/c1-5-6(2)8-9(4-10)7(5)3/h10H,4H2,1-3H3. The second kappa shape index (κ2) is 2.42. The van der Waals surface area contributed by atoms with Crippen molar-refractivity contribution >= 4 is 0 Å². The van der Waals surface area contributed by atoms with Gasteiger partial charge < -0.3 is 5.11 Å². The van der Waals surface area contributed by atoms with Gasteiger partial charge >= 0.3 is 0 Å². The number of nitrogens with zero attached hydrogens (tertiary/aromatic N) is 2. The summed E-state index contributed by atoms with van der Waals surface area (Å²) < 4.78 is 1.59. The molecular weight excluding hydrogens is 128 g/mol. The maximum atomic E-state index is 8.76. The topological polar surface area (TPSA) is 38.0 Å². The van der Waals surface area contributed by atoms with Gasteiger partial charge in [-0.3, -0.25) is 0 Å². The van der Waals surface area contributed by atoms with Gasteiger partial charge in [-0.25, -0.2) is 4.68 Å². The number of hydrogen-bond donors (Lipinski definition) is 1. The van der Waals surface area contributed by atoms with Gasteiger partial charge in [-0.05, 0) is 26.3 Å². The maximum absolute atomic E-state index is 8.76. The molecule has 0 aliphatic rings. The predicted molar refractivity (Wildman–Crippen MR) is 38.7 cm³/mol. The van der Waals surface area contributed by atoms with Crippen molar-refractivity contribution in [3.8, 4) is 0 Å². The van der Waals surface area contributed by atoms with Gasteiger partial charge in [0.15, 0.2) is 0 Å². The first-order valence-corrected chi connectivity index (χ1v) is 3.28. The van der Waals surface area contributed by atoms with Crippen molar-refractivity contribution in [1.82, 2.24) is 9.78 Å². The van der Waals surface area contributed by atoms with Crippen molar-refractivity contribution < 1.29 is 5.11 Å². The van der Waals surface area contributed by atoms with Gasteiger partial charge in [0.2, 0.25) is 0 Å². The first-order chi connectivity index (χ1) is 4.66. The van der Waals surface area contributed by atoms with Gasteiger partial charge in [0.1, 0.15) is 6.73 Å². The molecule has 1 rings (SSSR count). The summed E-state index contributed by atoms with van der Waals surface area (Å²) >= 11 is 0. The normalized spacial score (nSPS) is 10.4. The second-order valence-electron chi connectivity index (χ2n) is 2.44. The Bertz CT molecular complexity index is 240. The zero-order valence-electron chi connectivity index (χ0n) is 6.55. The zero-order valence-corrected chi connectivity index (χ0v) is 6.55. The first-order valence-electron chi connectivity index (χ1n) is 3.28. The fraction of sp³-hybridized carbons (Fsp3) is 0.571. The molecule has 10 heavy (non-hydrogen) atoms. The molecular formula is C7H12N2O. The summed E-state index contributed by atoms with van der Waals surface area (Å²) in [5.41, 5.74) is 3.20. The molecule has 1 N–H and O–H groups in total. The number of aryl methyl sites for hydroxylation is 1. The summed E-state index contributed by atoms with van der Waals surface area (Å²) in [6.45, 7) is 5.87. The molecule has 0 bridgehead atoms. The van der Waals surface area contributed by atoms with Crippen LogP contribution in [0.3, 0.4) is 0 Å². The van der Waals surface area contributed by atoms with Crippen LogP contribution in [0.2, 0.25) is 0 Å². The minimum Gasteiger partial charge on any atom is -0.374 e. The van der Waals surface area contributed by atoms with E-state index in [1.54, 1.807) is 4.68 Å². The van der Waals surface area contributed by atoms with E-state index in [2.05, 4.69) is 5.10 Å². The Morgan fingerprint density at radius 1 is 1.40 bits per heavy atom. The zero-order chi connectivity index (χ0) is 7.72. The molecule has 0 saturated carbocycles. The summed E-state index contributed by atoms with van der Waals surface area (Å²) in [5, 5.41) is 12.9. The quantitative estimate of drug-likeness (QED) is 0.625. The van der Waals surface area contributed by atoms with Gasteiger partial charge in [0.25, 0.3) is 0 Å². The third-order valence-corrected chi connectivity index (χ3v) is 1.88. The number of aromatic nitrogens is 2. The third-order valence-electron chi connectivity index (χ3n) is 1.88. The minimum atomic E-state index is -0.0273. The van der Waals surface area contributed by atoms with E-state index in [-0.39, 0.29) is 6.73 Å². The molecule has 0 radical (unpaired) electrons. The smallest absolute Gasteiger partial charge is 0.136 e. The third kappa shape index (κ3) is 0.926. The van der Waals surface area contributed by atoms with E-state index in [0.717, 1.165) is 17.0 Å². The fourth-order valence-corrected chi connectivity index (χ4v) is 0.924. The van der Waals surface area contributed by atoms with Crippen LogP contribution in [0, 0.1) is 20.8 Å². The van der Waals surface area contributed by atoms with E-state index in [9.17, 15) is 0 Å². The second-order valence-corrected chi connectivity index (χ2v) is 2.44. The molecule has 0 unspecified atom stereocenters. The molecule has 1 heterocycles. The molecule has 0 atom stereocenters. The molecule has 0 aliphatic carbocycles. The van der Waals surface area contributed by atoms with Crippen molar-refractivity contribution in [3.05, 3.63) is 17.0 Å². The Labute approximate surface area is 60.3 Å². The monoisotopic (exact) mass is 140 g/mol. The fourth-order valence-electron chi connectivity index (χ4n) is 0.924. The van der Waals surface area contributed by atoms with Crippen LogP contribution in [0.25, 0.3) is 0 Å². The molecule has 1 aromatic rings. The average Bonchev–Trinajstić information content (AvgIpc) is 2.17. The number of rotatable bonds is 1. The number of hydrogen-bond acceptors (Lipinski definition) is 2. The van der Waals surface area contributed by atoms with Crippen LogP contribution in [0.4, 0.5) is 0 Å². The Balaban J connectivity index is 3.17. The van der Waals surface area contributed by atoms with Crippen LogP contribution in [0.15, 0.2) is 0 Å². The number of aliphatic hydroxyl groups is 1. The van der Waals surface area contributed by atoms with E-state index in [4.69, 9.17) is 5.11 Å². The van der Waals surface area contributed by atoms with Crippen molar-refractivity contribution in [2.45, 2.75) is 27.5 Å². The van der Waals surface area contributed by atoms with Crippen molar-refractivity contribution in [1.29, 1.82) is 0 Å². The highest BCUT2D eigenvalue weighted by atomic mass is 16.3. The summed E-state index contributed by atoms with van der Waals surface area (Å²) in [5.74, 6) is 0. The van der Waals surface area contributed by atoms with Crippen LogP contribution < -0.4 is 0 Å². The van der Waals surface area contributed by atoms with Gasteiger partial charge in [-0.15, -0.1) is 0 Å². The van der Waals surface area contributed by atoms with Crippen LogP contribution in [-0.4, -0.2) is 14.9 Å². The highest BCUT2D eigenvalue weighted by Crippen LogP contribution is 2.09. The lowest BCUT2D eigenvalue weighted by molar-refractivity contribution is 0.192. The summed E-state index contributed by atoms with van der Waals surface area (Å²) in [6.07, 6.45) is 0. The molecule has 0 amide bonds. The molecule has 0 aliphatic heterocycles. The lowest BCUT2D eigenvalue weighted by atomic mass is 10.2. The molecule has 0 aromatic carbocycles. The van der Waals surface area contributed by atoms with Gasteiger partial charge in [-0.2, -0.15) is 5.10 Å². The Morgan fingerprint density at radius 2 is 2.00 bits per heavy atom. The van der Waals surface area contributed by atoms with Crippen LogP contribution in [-0.2, 0) is 6.73 Å². The molecule has 0 spiro atoms. The van der Waals surface area contributed by atoms with Gasteiger partial charge in [0, 0.05) is 5.69 Å². The van der Waals surface area contributed by atoms with E-state index in [0.29, 0.717) is 0 Å².